The molecular formula is C20H33N. The monoisotopic (exact) mass is 287 g/mol. The molecular weight excluding hydrogens is 254 g/mol. The van der Waals surface area contributed by atoms with Crippen molar-refractivity contribution in [2.45, 2.75) is 84.5 Å². The Morgan fingerprint density at radius 3 is 2.10 bits per heavy atom. The van der Waals surface area contributed by atoms with Gasteiger partial charge in [0, 0.05) is 5.69 Å². The Bertz CT molecular complexity index is 381. The zero-order chi connectivity index (χ0) is 15.2. The van der Waals surface area contributed by atoms with E-state index in [0.29, 0.717) is 0 Å². The summed E-state index contributed by atoms with van der Waals surface area (Å²) in [6.07, 6.45) is 19.7. The summed E-state index contributed by atoms with van der Waals surface area (Å²) < 4.78 is 0. The van der Waals surface area contributed by atoms with Crippen molar-refractivity contribution in [2.24, 2.45) is 0 Å². The normalized spacial score (nSPS) is 11.3. The number of rotatable bonds is 12. The Labute approximate surface area is 131 Å². The van der Waals surface area contributed by atoms with Gasteiger partial charge in [0.05, 0.1) is 5.69 Å². The predicted octanol–water partition coefficient (Wildman–Crippen LogP) is 6.71. The quantitative estimate of drug-likeness (QED) is 0.389. The number of aromatic nitrogens is 1. The molecule has 0 aliphatic rings. The van der Waals surface area contributed by atoms with Gasteiger partial charge in [-0.3, -0.25) is 4.98 Å². The summed E-state index contributed by atoms with van der Waals surface area (Å²) in [5, 5.41) is 0. The van der Waals surface area contributed by atoms with Crippen LogP contribution in [0.25, 0.3) is 6.08 Å². The van der Waals surface area contributed by atoms with Crippen molar-refractivity contribution < 1.29 is 0 Å². The van der Waals surface area contributed by atoms with Gasteiger partial charge in [0.1, 0.15) is 0 Å². The average Bonchev–Trinajstić information content (AvgIpc) is 2.48. The molecule has 0 bridgehead atoms. The van der Waals surface area contributed by atoms with E-state index in [2.05, 4.69) is 36.2 Å². The summed E-state index contributed by atoms with van der Waals surface area (Å²) in [4.78, 5) is 4.48. The topological polar surface area (TPSA) is 12.9 Å². The van der Waals surface area contributed by atoms with E-state index >= 15 is 0 Å². The summed E-state index contributed by atoms with van der Waals surface area (Å²) in [7, 11) is 0. The fourth-order valence-corrected chi connectivity index (χ4v) is 2.61. The number of unbranched alkanes of at least 4 members (excludes halogenated alkanes) is 10. The lowest BCUT2D eigenvalue weighted by Gasteiger charge is -2.01. The predicted molar refractivity (Wildman–Crippen MR) is 94.5 cm³/mol. The van der Waals surface area contributed by atoms with E-state index in [1.54, 1.807) is 0 Å². The number of nitrogens with zero attached hydrogens (tertiary/aromatic N) is 1. The van der Waals surface area contributed by atoms with E-state index in [-0.39, 0.29) is 0 Å². The second kappa shape index (κ2) is 12.6. The molecule has 0 aliphatic carbocycles. The number of pyridine rings is 1. The SMILES string of the molecule is CCCCCCCCCCCC/C=C/c1cccc(C)n1. The third-order valence-electron chi connectivity index (χ3n) is 3.92. The van der Waals surface area contributed by atoms with E-state index < -0.39 is 0 Å². The number of hydrogen-bond acceptors (Lipinski definition) is 1. The van der Waals surface area contributed by atoms with Crippen LogP contribution in [0.3, 0.4) is 0 Å². The molecule has 1 nitrogen and oxygen atoms in total. The smallest absolute Gasteiger partial charge is 0.0629 e. The molecule has 0 aliphatic heterocycles. The highest BCUT2D eigenvalue weighted by Crippen LogP contribution is 2.11. The zero-order valence-electron chi connectivity index (χ0n) is 14.1. The van der Waals surface area contributed by atoms with Crippen LogP contribution in [0.5, 0.6) is 0 Å². The Morgan fingerprint density at radius 2 is 1.48 bits per heavy atom. The van der Waals surface area contributed by atoms with Crippen molar-refractivity contribution >= 4 is 6.08 Å². The first kappa shape index (κ1) is 17.9. The number of allylic oxidation sites excluding steroid dienone is 1. The highest BCUT2D eigenvalue weighted by Gasteiger charge is 1.92. The van der Waals surface area contributed by atoms with E-state index in [4.69, 9.17) is 0 Å². The highest BCUT2D eigenvalue weighted by molar-refractivity contribution is 5.44. The zero-order valence-corrected chi connectivity index (χ0v) is 14.1. The molecule has 1 aromatic heterocycles. The van der Waals surface area contributed by atoms with Gasteiger partial charge in [-0.25, -0.2) is 0 Å². The van der Waals surface area contributed by atoms with Crippen LogP contribution in [-0.2, 0) is 0 Å². The van der Waals surface area contributed by atoms with Crippen LogP contribution in [0.4, 0.5) is 0 Å². The van der Waals surface area contributed by atoms with Gasteiger partial charge in [-0.05, 0) is 38.0 Å². The van der Waals surface area contributed by atoms with Gasteiger partial charge in [0.2, 0.25) is 0 Å². The third-order valence-corrected chi connectivity index (χ3v) is 3.92. The Kier molecular flexibility index (Phi) is 10.8. The molecule has 0 radical (unpaired) electrons. The molecule has 0 N–H and O–H groups in total. The van der Waals surface area contributed by atoms with Gasteiger partial charge in [0.15, 0.2) is 0 Å². The first-order chi connectivity index (χ1) is 10.3. The van der Waals surface area contributed by atoms with Gasteiger partial charge >= 0.3 is 0 Å². The second-order valence-electron chi connectivity index (χ2n) is 6.08. The van der Waals surface area contributed by atoms with Crippen LogP contribution in [-0.4, -0.2) is 4.98 Å². The van der Waals surface area contributed by atoms with Crippen LogP contribution in [0, 0.1) is 6.92 Å². The standard InChI is InChI=1S/C20H33N/c1-3-4-5-6-7-8-9-10-11-12-13-14-17-20-18-15-16-19(2)21-20/h14-18H,3-13H2,1-2H3/b17-14+. The van der Waals surface area contributed by atoms with Gasteiger partial charge in [-0.2, -0.15) is 0 Å². The maximum Gasteiger partial charge on any atom is 0.0629 e. The molecule has 0 atom stereocenters. The fraction of sp³-hybridized carbons (Fsp3) is 0.650. The maximum atomic E-state index is 4.48. The van der Waals surface area contributed by atoms with Gasteiger partial charge in [-0.15, -0.1) is 0 Å². The van der Waals surface area contributed by atoms with E-state index in [9.17, 15) is 0 Å². The van der Waals surface area contributed by atoms with Crippen molar-refractivity contribution in [1.82, 2.24) is 4.98 Å². The lowest BCUT2D eigenvalue weighted by atomic mass is 10.1. The van der Waals surface area contributed by atoms with Crippen LogP contribution < -0.4 is 0 Å². The molecule has 0 saturated carbocycles. The number of hydrogen-bond donors (Lipinski definition) is 0. The molecule has 0 aromatic carbocycles. The molecule has 1 heteroatoms. The molecule has 0 spiro atoms. The molecule has 0 fully saturated rings. The summed E-state index contributed by atoms with van der Waals surface area (Å²) in [6, 6.07) is 6.18. The van der Waals surface area contributed by atoms with Gasteiger partial charge in [-0.1, -0.05) is 76.9 Å². The number of aryl methyl sites for hydroxylation is 1. The van der Waals surface area contributed by atoms with Crippen LogP contribution in [0.2, 0.25) is 0 Å². The summed E-state index contributed by atoms with van der Waals surface area (Å²) in [5.74, 6) is 0. The lowest BCUT2D eigenvalue weighted by molar-refractivity contribution is 0.558. The van der Waals surface area contributed by atoms with Gasteiger partial charge < -0.3 is 0 Å². The van der Waals surface area contributed by atoms with Crippen molar-refractivity contribution in [3.63, 3.8) is 0 Å². The second-order valence-corrected chi connectivity index (χ2v) is 6.08. The average molecular weight is 287 g/mol. The van der Waals surface area contributed by atoms with Crippen molar-refractivity contribution in [3.8, 4) is 0 Å². The molecule has 118 valence electrons. The van der Waals surface area contributed by atoms with Crippen LogP contribution in [0.1, 0.15) is 88.9 Å². The maximum absolute atomic E-state index is 4.48. The summed E-state index contributed by atoms with van der Waals surface area (Å²) >= 11 is 0. The molecule has 21 heavy (non-hydrogen) atoms. The van der Waals surface area contributed by atoms with Crippen molar-refractivity contribution in [1.29, 1.82) is 0 Å². The Hall–Kier alpha value is -1.11. The van der Waals surface area contributed by atoms with E-state index in [1.165, 1.54) is 70.6 Å². The first-order valence-electron chi connectivity index (χ1n) is 8.93. The Balaban J connectivity index is 1.90. The minimum absolute atomic E-state index is 1.09. The Morgan fingerprint density at radius 1 is 0.857 bits per heavy atom. The first-order valence-corrected chi connectivity index (χ1v) is 8.93. The molecule has 1 heterocycles. The molecule has 0 unspecified atom stereocenters. The minimum atomic E-state index is 1.09. The third kappa shape index (κ3) is 10.3. The van der Waals surface area contributed by atoms with Crippen LogP contribution in [0.15, 0.2) is 24.3 Å². The largest absolute Gasteiger partial charge is 0.254 e. The van der Waals surface area contributed by atoms with E-state index in [1.807, 2.05) is 13.0 Å². The molecule has 0 saturated heterocycles. The molecule has 1 aromatic rings. The minimum Gasteiger partial charge on any atom is -0.254 e. The van der Waals surface area contributed by atoms with Crippen LogP contribution >= 0.6 is 0 Å². The van der Waals surface area contributed by atoms with Crippen molar-refractivity contribution in [3.05, 3.63) is 35.7 Å². The van der Waals surface area contributed by atoms with E-state index in [0.717, 1.165) is 11.4 Å². The summed E-state index contributed by atoms with van der Waals surface area (Å²) in [5.41, 5.74) is 2.18. The molecule has 1 rings (SSSR count). The van der Waals surface area contributed by atoms with Crippen molar-refractivity contribution in [2.75, 3.05) is 0 Å². The lowest BCUT2D eigenvalue weighted by Crippen LogP contribution is -1.83. The summed E-state index contributed by atoms with van der Waals surface area (Å²) in [6.45, 7) is 4.32. The highest BCUT2D eigenvalue weighted by atomic mass is 14.7. The molecule has 0 amide bonds. The fourth-order valence-electron chi connectivity index (χ4n) is 2.61. The van der Waals surface area contributed by atoms with Gasteiger partial charge in [0.25, 0.3) is 0 Å².